The van der Waals surface area contributed by atoms with E-state index in [2.05, 4.69) is 5.32 Å². The summed E-state index contributed by atoms with van der Waals surface area (Å²) >= 11 is 5.60. The number of anilines is 1. The van der Waals surface area contributed by atoms with Crippen LogP contribution in [0, 0.1) is 5.82 Å². The normalized spacial score (nSPS) is 24.1. The maximum atomic E-state index is 13.1. The number of carbonyl (C=O) groups excluding carboxylic acids is 1. The van der Waals surface area contributed by atoms with E-state index in [0.717, 1.165) is 17.4 Å². The highest BCUT2D eigenvalue weighted by atomic mass is 35.5. The molecule has 0 unspecified atom stereocenters. The predicted molar refractivity (Wildman–Crippen MR) is 79.7 cm³/mol. The second kappa shape index (κ2) is 6.40. The molecule has 0 aromatic heterocycles. The van der Waals surface area contributed by atoms with Gasteiger partial charge in [0, 0.05) is 19.2 Å². The van der Waals surface area contributed by atoms with Crippen molar-refractivity contribution in [2.45, 2.75) is 18.5 Å². The molecule has 126 valence electrons. The number of benzene rings is 1. The van der Waals surface area contributed by atoms with Gasteiger partial charge in [0.1, 0.15) is 17.9 Å². The summed E-state index contributed by atoms with van der Waals surface area (Å²) in [4.78, 5) is 23.3. The zero-order chi connectivity index (χ0) is 17.4. The van der Waals surface area contributed by atoms with E-state index >= 15 is 0 Å². The maximum absolute atomic E-state index is 13.1. The molecule has 11 heteroatoms. The number of carboxylic acid groups (broad SMARTS) is 1. The Labute approximate surface area is 136 Å². The number of halogens is 2. The van der Waals surface area contributed by atoms with Crippen molar-refractivity contribution in [1.29, 1.82) is 0 Å². The first-order valence-electron chi connectivity index (χ1n) is 6.36. The minimum Gasteiger partial charge on any atom is -0.480 e. The average Bonchev–Trinajstić information content (AvgIpc) is 2.45. The number of rotatable bonds is 3. The molecule has 1 fully saturated rings. The van der Waals surface area contributed by atoms with Crippen LogP contribution in [-0.2, 0) is 19.8 Å². The zero-order valence-electron chi connectivity index (χ0n) is 11.8. The number of likely N-dealkylation sites (N-methyl/N-ethyl adjacent to an activating group) is 1. The van der Waals surface area contributed by atoms with Gasteiger partial charge in [0.25, 0.3) is 10.2 Å². The lowest BCUT2D eigenvalue weighted by Crippen LogP contribution is -2.60. The fourth-order valence-corrected chi connectivity index (χ4v) is 3.49. The highest BCUT2D eigenvalue weighted by Gasteiger charge is 2.42. The largest absolute Gasteiger partial charge is 0.480 e. The van der Waals surface area contributed by atoms with Gasteiger partial charge in [-0.1, -0.05) is 11.6 Å². The summed E-state index contributed by atoms with van der Waals surface area (Å²) in [5, 5.41) is 11.2. The van der Waals surface area contributed by atoms with E-state index < -0.39 is 40.0 Å². The zero-order valence-corrected chi connectivity index (χ0v) is 13.4. The third kappa shape index (κ3) is 3.78. The minimum atomic E-state index is -4.10. The van der Waals surface area contributed by atoms with Crippen molar-refractivity contribution < 1.29 is 27.5 Å². The number of carboxylic acids is 1. The quantitative estimate of drug-likeness (QED) is 0.717. The first kappa shape index (κ1) is 17.6. The summed E-state index contributed by atoms with van der Waals surface area (Å²) in [6, 6.07) is 0.818. The molecule has 1 amide bonds. The van der Waals surface area contributed by atoms with Gasteiger partial charge >= 0.3 is 5.97 Å². The molecule has 1 aromatic rings. The standard InChI is InChI=1S/C12H13ClFN3O5S/c1-17-10(5-9(12(19)20)16-23(17,21)22)11(18)15-6-2-3-8(14)7(13)4-6/h2-4,9-10,16H,5H2,1H3,(H,15,18)(H,19,20)/t9-,10+/m0/s1. The van der Waals surface area contributed by atoms with E-state index in [-0.39, 0.29) is 17.1 Å². The van der Waals surface area contributed by atoms with Gasteiger partial charge in [0.05, 0.1) is 5.02 Å². The molecule has 1 heterocycles. The molecule has 23 heavy (non-hydrogen) atoms. The topological polar surface area (TPSA) is 116 Å². The molecule has 8 nitrogen and oxygen atoms in total. The monoisotopic (exact) mass is 365 g/mol. The number of hydrogen-bond donors (Lipinski definition) is 3. The Morgan fingerprint density at radius 3 is 2.70 bits per heavy atom. The van der Waals surface area contributed by atoms with Gasteiger partial charge in [-0.05, 0) is 18.2 Å². The van der Waals surface area contributed by atoms with Crippen LogP contribution >= 0.6 is 11.6 Å². The highest BCUT2D eigenvalue weighted by Crippen LogP contribution is 2.22. The van der Waals surface area contributed by atoms with Gasteiger partial charge < -0.3 is 10.4 Å². The van der Waals surface area contributed by atoms with Crippen molar-refractivity contribution in [1.82, 2.24) is 9.03 Å². The third-order valence-electron chi connectivity index (χ3n) is 3.36. The maximum Gasteiger partial charge on any atom is 0.321 e. The first-order valence-corrected chi connectivity index (χ1v) is 8.17. The van der Waals surface area contributed by atoms with E-state index in [1.54, 1.807) is 0 Å². The molecule has 0 aliphatic carbocycles. The van der Waals surface area contributed by atoms with Crippen LogP contribution in [0.15, 0.2) is 18.2 Å². The first-order chi connectivity index (χ1) is 10.6. The Morgan fingerprint density at radius 1 is 1.48 bits per heavy atom. The van der Waals surface area contributed by atoms with E-state index in [9.17, 15) is 22.4 Å². The fraction of sp³-hybridized carbons (Fsp3) is 0.333. The van der Waals surface area contributed by atoms with Crippen molar-refractivity contribution in [2.24, 2.45) is 0 Å². The number of nitrogens with zero attached hydrogens (tertiary/aromatic N) is 1. The molecule has 1 aliphatic rings. The van der Waals surface area contributed by atoms with E-state index in [4.69, 9.17) is 16.7 Å². The van der Waals surface area contributed by atoms with Gasteiger partial charge in [0.15, 0.2) is 0 Å². The van der Waals surface area contributed by atoms with Crippen molar-refractivity contribution >= 4 is 39.4 Å². The van der Waals surface area contributed by atoms with Gasteiger partial charge in [-0.2, -0.15) is 17.4 Å². The number of nitrogens with one attached hydrogen (secondary N) is 2. The molecular formula is C12H13ClFN3O5S. The van der Waals surface area contributed by atoms with Crippen LogP contribution in [0.1, 0.15) is 6.42 Å². The molecule has 0 spiro atoms. The van der Waals surface area contributed by atoms with E-state index in [1.165, 1.54) is 12.1 Å². The van der Waals surface area contributed by atoms with Gasteiger partial charge in [-0.15, -0.1) is 0 Å². The molecule has 2 rings (SSSR count). The van der Waals surface area contributed by atoms with Crippen molar-refractivity contribution in [2.75, 3.05) is 12.4 Å². The Bertz CT molecular complexity index is 757. The van der Waals surface area contributed by atoms with Crippen LogP contribution in [0.3, 0.4) is 0 Å². The lowest BCUT2D eigenvalue weighted by Gasteiger charge is -2.34. The molecule has 3 N–H and O–H groups in total. The second-order valence-corrected chi connectivity index (χ2v) is 7.07. The van der Waals surface area contributed by atoms with Crippen LogP contribution in [0.5, 0.6) is 0 Å². The molecule has 1 aromatic carbocycles. The Hall–Kier alpha value is -1.75. The average molecular weight is 366 g/mol. The van der Waals surface area contributed by atoms with Crippen LogP contribution < -0.4 is 10.0 Å². The highest BCUT2D eigenvalue weighted by molar-refractivity contribution is 7.87. The molecule has 0 bridgehead atoms. The smallest absolute Gasteiger partial charge is 0.321 e. The Morgan fingerprint density at radius 2 is 2.13 bits per heavy atom. The Balaban J connectivity index is 2.22. The minimum absolute atomic E-state index is 0.164. The third-order valence-corrected chi connectivity index (χ3v) is 5.24. The molecule has 0 saturated carbocycles. The molecule has 0 radical (unpaired) electrons. The summed E-state index contributed by atoms with van der Waals surface area (Å²) < 4.78 is 39.5. The molecule has 1 aliphatic heterocycles. The van der Waals surface area contributed by atoms with E-state index in [1.807, 2.05) is 4.72 Å². The predicted octanol–water partition coefficient (Wildman–Crippen LogP) is 0.409. The fourth-order valence-electron chi connectivity index (χ4n) is 2.07. The number of aliphatic carboxylic acids is 1. The summed E-state index contributed by atoms with van der Waals surface area (Å²) in [5.41, 5.74) is 0.164. The van der Waals surface area contributed by atoms with Crippen LogP contribution in [0.4, 0.5) is 10.1 Å². The summed E-state index contributed by atoms with van der Waals surface area (Å²) in [6.45, 7) is 0. The summed E-state index contributed by atoms with van der Waals surface area (Å²) in [6.07, 6.45) is -0.258. The van der Waals surface area contributed by atoms with Crippen LogP contribution in [0.2, 0.25) is 5.02 Å². The van der Waals surface area contributed by atoms with Crippen LogP contribution in [-0.4, -0.2) is 48.8 Å². The summed E-state index contributed by atoms with van der Waals surface area (Å²) in [7, 11) is -2.95. The SMILES string of the molecule is CN1[C@@H](C(=O)Nc2ccc(F)c(Cl)c2)C[C@@H](C(=O)O)NS1(=O)=O. The number of amides is 1. The lowest BCUT2D eigenvalue weighted by molar-refractivity contribution is -0.139. The second-order valence-electron chi connectivity index (χ2n) is 4.90. The van der Waals surface area contributed by atoms with Gasteiger partial charge in [-0.3, -0.25) is 9.59 Å². The molecular weight excluding hydrogens is 353 g/mol. The molecule has 1 saturated heterocycles. The van der Waals surface area contributed by atoms with Gasteiger partial charge in [-0.25, -0.2) is 4.39 Å². The Kier molecular flexibility index (Phi) is 4.90. The lowest BCUT2D eigenvalue weighted by atomic mass is 10.1. The van der Waals surface area contributed by atoms with Gasteiger partial charge in [0.2, 0.25) is 5.91 Å². The van der Waals surface area contributed by atoms with Crippen LogP contribution in [0.25, 0.3) is 0 Å². The van der Waals surface area contributed by atoms with E-state index in [0.29, 0.717) is 0 Å². The number of hydrogen-bond acceptors (Lipinski definition) is 4. The summed E-state index contributed by atoms with van der Waals surface area (Å²) in [5.74, 6) is -2.80. The van der Waals surface area contributed by atoms with Crippen molar-refractivity contribution in [3.8, 4) is 0 Å². The molecule has 2 atom stereocenters. The number of carbonyl (C=O) groups is 2. The van der Waals surface area contributed by atoms with Crippen molar-refractivity contribution in [3.05, 3.63) is 29.0 Å². The van der Waals surface area contributed by atoms with Crippen molar-refractivity contribution in [3.63, 3.8) is 0 Å².